The lowest BCUT2D eigenvalue weighted by Crippen LogP contribution is -2.18. The Morgan fingerprint density at radius 2 is 1.62 bits per heavy atom. The van der Waals surface area contributed by atoms with Crippen molar-refractivity contribution in [1.82, 2.24) is 0 Å². The highest BCUT2D eigenvalue weighted by atomic mass is 32.2. The van der Waals surface area contributed by atoms with E-state index in [1.54, 1.807) is 18.2 Å². The Morgan fingerprint density at radius 1 is 1.00 bits per heavy atom. The van der Waals surface area contributed by atoms with Crippen molar-refractivity contribution >= 4 is 10.1 Å². The number of rotatable bonds is 8. The molecule has 0 aliphatic heterocycles. The third-order valence-electron chi connectivity index (χ3n) is 3.13. The predicted octanol–water partition coefficient (Wildman–Crippen LogP) is 4.02. The highest BCUT2D eigenvalue weighted by Gasteiger charge is 2.05. The first-order valence-electron chi connectivity index (χ1n) is 7.69. The summed E-state index contributed by atoms with van der Waals surface area (Å²) in [5.74, 6) is 0. The van der Waals surface area contributed by atoms with Crippen molar-refractivity contribution in [2.45, 2.75) is 69.7 Å². The van der Waals surface area contributed by atoms with Gasteiger partial charge in [-0.15, -0.1) is 0 Å². The zero-order valence-electron chi connectivity index (χ0n) is 13.2. The smallest absolute Gasteiger partial charge is 0.294 e. The summed E-state index contributed by atoms with van der Waals surface area (Å²) in [4.78, 5) is -0.0741. The molecule has 0 aliphatic carbocycles. The molecule has 0 bridgehead atoms. The Labute approximate surface area is 129 Å². The van der Waals surface area contributed by atoms with E-state index in [0.29, 0.717) is 6.04 Å². The largest absolute Gasteiger partial charge is 0.328 e. The molecule has 0 aliphatic rings. The molecular formula is C16H29NO3S. The third-order valence-corrected chi connectivity index (χ3v) is 4.00. The van der Waals surface area contributed by atoms with Crippen LogP contribution in [0.25, 0.3) is 0 Å². The van der Waals surface area contributed by atoms with Gasteiger partial charge < -0.3 is 5.73 Å². The maximum Gasteiger partial charge on any atom is 0.294 e. The Kier molecular flexibility index (Phi) is 11.2. The van der Waals surface area contributed by atoms with Gasteiger partial charge in [0.15, 0.2) is 0 Å². The van der Waals surface area contributed by atoms with Crippen LogP contribution in [-0.4, -0.2) is 19.0 Å². The van der Waals surface area contributed by atoms with Crippen LogP contribution in [0.4, 0.5) is 0 Å². The normalized spacial score (nSPS) is 12.4. The van der Waals surface area contributed by atoms with Crippen LogP contribution in [0.5, 0.6) is 0 Å². The average molecular weight is 315 g/mol. The van der Waals surface area contributed by atoms with E-state index in [-0.39, 0.29) is 4.90 Å². The van der Waals surface area contributed by atoms with Gasteiger partial charge >= 0.3 is 0 Å². The van der Waals surface area contributed by atoms with Crippen molar-refractivity contribution in [1.29, 1.82) is 0 Å². The first kappa shape index (κ1) is 20.1. The second-order valence-electron chi connectivity index (χ2n) is 5.19. The minimum atomic E-state index is -4.00. The topological polar surface area (TPSA) is 80.4 Å². The molecule has 122 valence electrons. The first-order chi connectivity index (χ1) is 9.91. The van der Waals surface area contributed by atoms with E-state index in [9.17, 15) is 8.42 Å². The fourth-order valence-electron chi connectivity index (χ4n) is 1.94. The van der Waals surface area contributed by atoms with Crippen molar-refractivity contribution in [2.24, 2.45) is 5.73 Å². The first-order valence-corrected chi connectivity index (χ1v) is 9.13. The molecule has 4 nitrogen and oxygen atoms in total. The van der Waals surface area contributed by atoms with Crippen LogP contribution in [0.3, 0.4) is 0 Å². The van der Waals surface area contributed by atoms with E-state index >= 15 is 0 Å². The molecule has 0 radical (unpaired) electrons. The predicted molar refractivity (Wildman–Crippen MR) is 87.9 cm³/mol. The van der Waals surface area contributed by atoms with Crippen molar-refractivity contribution in [3.8, 4) is 0 Å². The van der Waals surface area contributed by atoms with Crippen molar-refractivity contribution < 1.29 is 13.0 Å². The molecule has 1 rings (SSSR count). The van der Waals surface area contributed by atoms with E-state index in [4.69, 9.17) is 10.3 Å². The molecule has 0 amide bonds. The lowest BCUT2D eigenvalue weighted by molar-refractivity contribution is 0.483. The van der Waals surface area contributed by atoms with Gasteiger partial charge in [0.1, 0.15) is 0 Å². The molecule has 0 aromatic heterocycles. The van der Waals surface area contributed by atoms with Crippen molar-refractivity contribution in [3.05, 3.63) is 30.3 Å². The summed E-state index contributed by atoms with van der Waals surface area (Å²) >= 11 is 0. The molecule has 1 unspecified atom stereocenters. The van der Waals surface area contributed by atoms with Crippen LogP contribution in [0.1, 0.15) is 58.8 Å². The monoisotopic (exact) mass is 315 g/mol. The van der Waals surface area contributed by atoms with Crippen LogP contribution in [0, 0.1) is 0 Å². The summed E-state index contributed by atoms with van der Waals surface area (Å²) in [5.41, 5.74) is 5.87. The van der Waals surface area contributed by atoms with Crippen LogP contribution in [0.2, 0.25) is 0 Å². The molecule has 21 heavy (non-hydrogen) atoms. The van der Waals surface area contributed by atoms with E-state index in [2.05, 4.69) is 13.8 Å². The van der Waals surface area contributed by atoms with Gasteiger partial charge in [-0.05, 0) is 25.0 Å². The Bertz CT molecular complexity index is 446. The van der Waals surface area contributed by atoms with Gasteiger partial charge in [0.2, 0.25) is 0 Å². The maximum absolute atomic E-state index is 10.4. The van der Waals surface area contributed by atoms with Gasteiger partial charge in [-0.25, -0.2) is 0 Å². The zero-order chi connectivity index (χ0) is 16.1. The minimum Gasteiger partial charge on any atom is -0.328 e. The highest BCUT2D eigenvalue weighted by Crippen LogP contribution is 2.07. The molecular weight excluding hydrogens is 286 g/mol. The van der Waals surface area contributed by atoms with Crippen molar-refractivity contribution in [3.63, 3.8) is 0 Å². The fourth-order valence-corrected chi connectivity index (χ4v) is 2.44. The van der Waals surface area contributed by atoms with E-state index < -0.39 is 10.1 Å². The van der Waals surface area contributed by atoms with Gasteiger partial charge in [0.25, 0.3) is 10.1 Å². The molecule has 0 heterocycles. The summed E-state index contributed by atoms with van der Waals surface area (Å²) < 4.78 is 29.2. The van der Waals surface area contributed by atoms with Gasteiger partial charge in [-0.1, -0.05) is 64.2 Å². The van der Waals surface area contributed by atoms with E-state index in [1.807, 2.05) is 0 Å². The fraction of sp³-hybridized carbons (Fsp3) is 0.625. The SMILES string of the molecule is CCCCCCC(N)CCC.O=S(=O)(O)c1ccccc1. The summed E-state index contributed by atoms with van der Waals surface area (Å²) in [6.45, 7) is 4.44. The molecule has 3 N–H and O–H groups in total. The Morgan fingerprint density at radius 3 is 2.05 bits per heavy atom. The molecule has 0 saturated heterocycles. The molecule has 1 aromatic rings. The van der Waals surface area contributed by atoms with Crippen LogP contribution >= 0.6 is 0 Å². The quantitative estimate of drug-likeness (QED) is 0.561. The number of nitrogens with two attached hydrogens (primary N) is 1. The molecule has 0 spiro atoms. The molecule has 0 saturated carbocycles. The molecule has 0 fully saturated rings. The number of hydrogen-bond donors (Lipinski definition) is 2. The maximum atomic E-state index is 10.4. The van der Waals surface area contributed by atoms with Crippen LogP contribution in [0.15, 0.2) is 35.2 Å². The zero-order valence-corrected chi connectivity index (χ0v) is 14.0. The Balaban J connectivity index is 0.000000382. The number of unbranched alkanes of at least 4 members (excludes halogenated alkanes) is 3. The van der Waals surface area contributed by atoms with E-state index in [1.165, 1.54) is 57.1 Å². The minimum absolute atomic E-state index is 0.0741. The second kappa shape index (κ2) is 11.7. The van der Waals surface area contributed by atoms with Crippen LogP contribution < -0.4 is 5.73 Å². The Hall–Kier alpha value is -0.910. The van der Waals surface area contributed by atoms with Crippen LogP contribution in [-0.2, 0) is 10.1 Å². The summed E-state index contributed by atoms with van der Waals surface area (Å²) in [6.07, 6.45) is 9.06. The summed E-state index contributed by atoms with van der Waals surface area (Å²) in [7, 11) is -4.00. The standard InChI is InChI=1S/C10H23N.C6H6O3S/c1-3-5-6-7-9-10(11)8-4-2;7-10(8,9)6-4-2-1-3-5-6/h10H,3-9,11H2,1-2H3;1-5H,(H,7,8,9). The molecule has 1 aromatic carbocycles. The van der Waals surface area contributed by atoms with Gasteiger partial charge in [0.05, 0.1) is 4.90 Å². The molecule has 1 atom stereocenters. The highest BCUT2D eigenvalue weighted by molar-refractivity contribution is 7.85. The summed E-state index contributed by atoms with van der Waals surface area (Å²) in [5, 5.41) is 0. The molecule has 5 heteroatoms. The number of hydrogen-bond acceptors (Lipinski definition) is 3. The van der Waals surface area contributed by atoms with E-state index in [0.717, 1.165) is 0 Å². The third kappa shape index (κ3) is 11.4. The van der Waals surface area contributed by atoms with Crippen molar-refractivity contribution in [2.75, 3.05) is 0 Å². The number of benzene rings is 1. The van der Waals surface area contributed by atoms with Gasteiger partial charge in [-0.2, -0.15) is 8.42 Å². The lowest BCUT2D eigenvalue weighted by atomic mass is 10.0. The van der Waals surface area contributed by atoms with Gasteiger partial charge in [-0.3, -0.25) is 4.55 Å². The van der Waals surface area contributed by atoms with Gasteiger partial charge in [0, 0.05) is 6.04 Å². The second-order valence-corrected chi connectivity index (χ2v) is 6.61. The summed E-state index contributed by atoms with van der Waals surface area (Å²) in [6, 6.07) is 7.89. The lowest BCUT2D eigenvalue weighted by Gasteiger charge is -2.08. The average Bonchev–Trinajstić information content (AvgIpc) is 2.45.